The zero-order valence-electron chi connectivity index (χ0n) is 5.18. The van der Waals surface area contributed by atoms with Crippen molar-refractivity contribution in [3.8, 4) is 0 Å². The largest absolute Gasteiger partial charge is 0.455 e. The van der Waals surface area contributed by atoms with Crippen LogP contribution in [-0.2, 0) is 4.12 Å². The van der Waals surface area contributed by atoms with Crippen LogP contribution in [0.5, 0.6) is 0 Å². The number of hydrogen-bond donors (Lipinski definition) is 0. The molecule has 1 radical (unpaired) electrons. The van der Waals surface area contributed by atoms with Crippen LogP contribution in [0.3, 0.4) is 0 Å². The van der Waals surface area contributed by atoms with Gasteiger partial charge in [0.1, 0.15) is 0 Å². The van der Waals surface area contributed by atoms with Crippen LogP contribution >= 0.6 is 0 Å². The lowest BCUT2D eigenvalue weighted by Gasteiger charge is -2.14. The molecule has 0 saturated carbocycles. The Balaban J connectivity index is 3.96. The summed E-state index contributed by atoms with van der Waals surface area (Å²) < 4.78 is 5.17. The Kier molecular flexibility index (Phi) is 2.96. The summed E-state index contributed by atoms with van der Waals surface area (Å²) in [6.45, 7) is 9.33. The fourth-order valence-electron chi connectivity index (χ4n) is 0.201. The van der Waals surface area contributed by atoms with Gasteiger partial charge in [-0.3, -0.25) is 0 Å². The molecule has 0 aliphatic heterocycles. The van der Waals surface area contributed by atoms with Gasteiger partial charge < -0.3 is 4.12 Å². The van der Waals surface area contributed by atoms with Gasteiger partial charge in [0.2, 0.25) is 8.32 Å². The molecule has 0 rings (SSSR count). The summed E-state index contributed by atoms with van der Waals surface area (Å²) in [5.41, 5.74) is 3.71. The molecule has 0 atom stereocenters. The highest BCUT2D eigenvalue weighted by Crippen LogP contribution is 2.02. The predicted molar refractivity (Wildman–Crippen MR) is 41.6 cm³/mol. The highest BCUT2D eigenvalue weighted by molar-refractivity contribution is 6.84. The van der Waals surface area contributed by atoms with Crippen molar-refractivity contribution in [2.45, 2.75) is 6.55 Å². The van der Waals surface area contributed by atoms with Crippen LogP contribution < -0.4 is 0 Å². The molecule has 0 aromatic heterocycles. The minimum Gasteiger partial charge on any atom is -0.455 e. The van der Waals surface area contributed by atoms with Gasteiger partial charge in [-0.25, -0.2) is 0 Å². The van der Waals surface area contributed by atoms with Crippen molar-refractivity contribution < 1.29 is 4.12 Å². The molecule has 0 saturated heterocycles. The van der Waals surface area contributed by atoms with Gasteiger partial charge in [0.15, 0.2) is 10.5 Å². The lowest BCUT2D eigenvalue weighted by Crippen LogP contribution is -2.27. The van der Waals surface area contributed by atoms with Crippen molar-refractivity contribution in [3.63, 3.8) is 0 Å². The van der Waals surface area contributed by atoms with Gasteiger partial charge in [-0.2, -0.15) is 0 Å². The third kappa shape index (κ3) is 1.77. The first-order valence-electron chi connectivity index (χ1n) is 2.39. The highest BCUT2D eigenvalue weighted by Gasteiger charge is 2.16. The molecule has 0 amide bonds. The summed E-state index contributed by atoms with van der Waals surface area (Å²) in [6.07, 6.45) is 0. The molecule has 3 heteroatoms. The van der Waals surface area contributed by atoms with E-state index in [-0.39, 0.29) is 0 Å². The van der Waals surface area contributed by atoms with Gasteiger partial charge >= 0.3 is 0 Å². The zero-order chi connectivity index (χ0) is 6.62. The van der Waals surface area contributed by atoms with Crippen LogP contribution in [0.4, 0.5) is 0 Å². The van der Waals surface area contributed by atoms with Crippen molar-refractivity contribution in [1.29, 1.82) is 0 Å². The molecule has 45 valence electrons. The molecule has 0 aromatic rings. The van der Waals surface area contributed by atoms with Crippen LogP contribution in [0.15, 0.2) is 24.6 Å². The second kappa shape index (κ2) is 3.01. The molecule has 8 heavy (non-hydrogen) atoms. The molecule has 0 unspecified atom stereocenters. The highest BCUT2D eigenvalue weighted by atomic mass is 28.4. The maximum absolute atomic E-state index is 5.17. The van der Waals surface area contributed by atoms with Crippen molar-refractivity contribution in [2.75, 3.05) is 0 Å². The Morgan fingerprint density at radius 1 is 1.50 bits per heavy atom. The molecule has 0 aliphatic rings. The first kappa shape index (κ1) is 7.87. The lowest BCUT2D eigenvalue weighted by atomic mass is 11.2. The van der Waals surface area contributed by atoms with Crippen LogP contribution in [-0.4, -0.2) is 18.8 Å². The summed E-state index contributed by atoms with van der Waals surface area (Å²) >= 11 is 0. The van der Waals surface area contributed by atoms with E-state index in [4.69, 9.17) is 4.12 Å². The van der Waals surface area contributed by atoms with Crippen LogP contribution in [0.25, 0.3) is 0 Å². The SMILES string of the molecule is C=C[Si](C)(C=C)O[SiH2]. The molecule has 0 spiro atoms. The quantitative estimate of drug-likeness (QED) is 0.525. The van der Waals surface area contributed by atoms with E-state index >= 15 is 0 Å². The zero-order valence-corrected chi connectivity index (χ0v) is 7.60. The van der Waals surface area contributed by atoms with Crippen molar-refractivity contribution in [2.24, 2.45) is 0 Å². The summed E-state index contributed by atoms with van der Waals surface area (Å²) in [4.78, 5) is 0. The normalized spacial score (nSPS) is 10.8. The van der Waals surface area contributed by atoms with E-state index in [0.717, 1.165) is 0 Å². The fraction of sp³-hybridized carbons (Fsp3) is 0.200. The second-order valence-corrected chi connectivity index (χ2v) is 6.08. The second-order valence-electron chi connectivity index (χ2n) is 1.74. The third-order valence-corrected chi connectivity index (χ3v) is 5.23. The fourth-order valence-corrected chi connectivity index (χ4v) is 1.31. The number of hydrogen-bond acceptors (Lipinski definition) is 1. The Hall–Kier alpha value is -0.126. The first-order chi connectivity index (χ1) is 3.68. The molecule has 1 nitrogen and oxygen atoms in total. The van der Waals surface area contributed by atoms with Gasteiger partial charge in [-0.05, 0) is 6.55 Å². The van der Waals surface area contributed by atoms with E-state index in [0.29, 0.717) is 0 Å². The Labute approximate surface area is 54.7 Å². The van der Waals surface area contributed by atoms with E-state index in [1.165, 1.54) is 10.5 Å². The molecule has 0 heterocycles. The summed E-state index contributed by atoms with van der Waals surface area (Å²) in [6, 6.07) is 0. The molecule has 0 fully saturated rings. The van der Waals surface area contributed by atoms with Crippen molar-refractivity contribution in [1.82, 2.24) is 0 Å². The van der Waals surface area contributed by atoms with Gasteiger partial charge in [-0.1, -0.05) is 11.4 Å². The van der Waals surface area contributed by atoms with Crippen molar-refractivity contribution in [3.05, 3.63) is 24.6 Å². The van der Waals surface area contributed by atoms with E-state index in [1.54, 1.807) is 0 Å². The minimum atomic E-state index is -1.63. The molecular weight excluding hydrogens is 132 g/mol. The smallest absolute Gasteiger partial charge is 0.225 e. The third-order valence-electron chi connectivity index (χ3n) is 1.12. The topological polar surface area (TPSA) is 9.23 Å². The van der Waals surface area contributed by atoms with E-state index < -0.39 is 8.32 Å². The molecule has 0 aliphatic carbocycles. The average Bonchev–Trinajstić information content (AvgIpc) is 1.87. The van der Waals surface area contributed by atoms with Gasteiger partial charge in [0.05, 0.1) is 0 Å². The van der Waals surface area contributed by atoms with Gasteiger partial charge in [0.25, 0.3) is 0 Å². The first-order valence-corrected chi connectivity index (χ1v) is 5.53. The van der Waals surface area contributed by atoms with Crippen LogP contribution in [0.2, 0.25) is 6.55 Å². The lowest BCUT2D eigenvalue weighted by molar-refractivity contribution is 0.634. The summed E-state index contributed by atoms with van der Waals surface area (Å²) in [5, 5.41) is 0. The monoisotopic (exact) mass is 143 g/mol. The maximum atomic E-state index is 5.17. The Morgan fingerprint density at radius 2 is 1.88 bits per heavy atom. The maximum Gasteiger partial charge on any atom is 0.225 e. The van der Waals surface area contributed by atoms with E-state index in [2.05, 4.69) is 13.2 Å². The summed E-state index contributed by atoms with van der Waals surface area (Å²) in [5.74, 6) is 0. The average molecular weight is 143 g/mol. The van der Waals surface area contributed by atoms with Gasteiger partial charge in [-0.15, -0.1) is 13.2 Å². The van der Waals surface area contributed by atoms with E-state index in [9.17, 15) is 0 Å². The minimum absolute atomic E-state index is 1.51. The predicted octanol–water partition coefficient (Wildman–Crippen LogP) is 0.577. The molecule has 0 aromatic carbocycles. The van der Waals surface area contributed by atoms with Gasteiger partial charge in [0, 0.05) is 0 Å². The summed E-state index contributed by atoms with van der Waals surface area (Å²) in [7, 11) is -0.122. The van der Waals surface area contributed by atoms with E-state index in [1.807, 2.05) is 17.9 Å². The van der Waals surface area contributed by atoms with Crippen LogP contribution in [0.1, 0.15) is 0 Å². The molecule has 0 bridgehead atoms. The molecular formula is C5H11OSi2. The Morgan fingerprint density at radius 3 is 1.88 bits per heavy atom. The molecule has 0 N–H and O–H groups in total. The standard InChI is InChI=1S/C5H11OSi2/c1-4-8(3,5-2)6-7/h4-5H,1-2,7H2,3H3. The van der Waals surface area contributed by atoms with Crippen LogP contribution in [0, 0.1) is 0 Å². The number of rotatable bonds is 3. The Bertz CT molecular complexity index is 92.6. The van der Waals surface area contributed by atoms with Crippen molar-refractivity contribution >= 4 is 18.8 Å².